The number of pyridine rings is 1. The topological polar surface area (TPSA) is 48.1 Å². The van der Waals surface area contributed by atoms with E-state index < -0.39 is 0 Å². The van der Waals surface area contributed by atoms with Gasteiger partial charge in [0.05, 0.1) is 6.10 Å². The third kappa shape index (κ3) is 3.39. The van der Waals surface area contributed by atoms with Crippen molar-refractivity contribution in [3.8, 4) is 5.75 Å². The molecule has 0 bridgehead atoms. The van der Waals surface area contributed by atoms with Crippen LogP contribution in [0.3, 0.4) is 0 Å². The Hall–Kier alpha value is -1.61. The second-order valence-electron chi connectivity index (χ2n) is 7.79. The van der Waals surface area contributed by atoms with Gasteiger partial charge in [-0.15, -0.1) is 0 Å². The van der Waals surface area contributed by atoms with Gasteiger partial charge in [0.1, 0.15) is 5.75 Å². The number of rotatable bonds is 5. The second kappa shape index (κ2) is 7.33. The summed E-state index contributed by atoms with van der Waals surface area (Å²) in [6.07, 6.45) is 10.9. The molecule has 2 N–H and O–H groups in total. The van der Waals surface area contributed by atoms with Crippen LogP contribution in [0.4, 0.5) is 0 Å². The Morgan fingerprint density at radius 2 is 2.00 bits per heavy atom. The van der Waals surface area contributed by atoms with Gasteiger partial charge in [0.25, 0.3) is 0 Å². The molecule has 3 heteroatoms. The van der Waals surface area contributed by atoms with Crippen LogP contribution in [0, 0.1) is 19.3 Å². The molecule has 1 unspecified atom stereocenters. The second-order valence-corrected chi connectivity index (χ2v) is 7.79. The minimum absolute atomic E-state index is 0.306. The van der Waals surface area contributed by atoms with Gasteiger partial charge in [-0.2, -0.15) is 0 Å². The zero-order valence-electron chi connectivity index (χ0n) is 16.1. The van der Waals surface area contributed by atoms with Gasteiger partial charge in [-0.25, -0.2) is 0 Å². The first kappa shape index (κ1) is 18.2. The third-order valence-corrected chi connectivity index (χ3v) is 6.47. The van der Waals surface area contributed by atoms with Gasteiger partial charge in [-0.1, -0.05) is 13.8 Å². The van der Waals surface area contributed by atoms with Crippen LogP contribution in [0.5, 0.6) is 5.75 Å². The fraction of sp³-hybridized carbons (Fsp3) is 0.591. The van der Waals surface area contributed by atoms with Gasteiger partial charge in [-0.3, -0.25) is 4.98 Å². The number of aromatic nitrogens is 1. The van der Waals surface area contributed by atoms with Crippen molar-refractivity contribution in [2.75, 3.05) is 0 Å². The summed E-state index contributed by atoms with van der Waals surface area (Å²) < 4.78 is 6.51. The normalized spacial score (nSPS) is 25.1. The molecule has 1 aliphatic carbocycles. The van der Waals surface area contributed by atoms with E-state index in [4.69, 9.17) is 10.5 Å². The van der Waals surface area contributed by atoms with Crippen molar-refractivity contribution in [3.05, 3.63) is 35.7 Å². The lowest BCUT2D eigenvalue weighted by molar-refractivity contribution is 0.0562. The largest absolute Gasteiger partial charge is 0.490 e. The fourth-order valence-corrected chi connectivity index (χ4v) is 4.63. The Balaban J connectivity index is 1.77. The molecule has 3 nitrogen and oxygen atoms in total. The van der Waals surface area contributed by atoms with Crippen LogP contribution in [0.1, 0.15) is 63.5 Å². The molecule has 1 heterocycles. The van der Waals surface area contributed by atoms with Gasteiger partial charge < -0.3 is 10.5 Å². The minimum atomic E-state index is 0.306. The number of ether oxygens (including phenoxy) is 1. The van der Waals surface area contributed by atoms with Gasteiger partial charge >= 0.3 is 0 Å². The predicted molar refractivity (Wildman–Crippen MR) is 105 cm³/mol. The molecule has 2 aromatic rings. The quantitative estimate of drug-likeness (QED) is 0.802. The SMILES string of the molecule is CCC(N)[C@]1(CC)CC[C@H](Oc2c(C)cc3cnccc3c2C)CC1. The fourth-order valence-electron chi connectivity index (χ4n) is 4.63. The molecule has 0 aliphatic heterocycles. The van der Waals surface area contributed by atoms with Crippen molar-refractivity contribution in [2.24, 2.45) is 11.1 Å². The average Bonchev–Trinajstić information content (AvgIpc) is 2.65. The van der Waals surface area contributed by atoms with E-state index in [1.165, 1.54) is 41.2 Å². The summed E-state index contributed by atoms with van der Waals surface area (Å²) in [4.78, 5) is 4.24. The zero-order valence-corrected chi connectivity index (χ0v) is 16.1. The first-order valence-electron chi connectivity index (χ1n) is 9.77. The van der Waals surface area contributed by atoms with E-state index in [-0.39, 0.29) is 0 Å². The summed E-state index contributed by atoms with van der Waals surface area (Å²) >= 11 is 0. The molecule has 1 saturated carbocycles. The van der Waals surface area contributed by atoms with Crippen LogP contribution < -0.4 is 10.5 Å². The number of hydrogen-bond donors (Lipinski definition) is 1. The summed E-state index contributed by atoms with van der Waals surface area (Å²) in [6.45, 7) is 8.81. The number of aryl methyl sites for hydroxylation is 2. The van der Waals surface area contributed by atoms with E-state index in [9.17, 15) is 0 Å². The lowest BCUT2D eigenvalue weighted by Crippen LogP contribution is -2.45. The van der Waals surface area contributed by atoms with E-state index in [1.54, 1.807) is 0 Å². The zero-order chi connectivity index (χ0) is 18.0. The van der Waals surface area contributed by atoms with Gasteiger partial charge in [0.15, 0.2) is 0 Å². The molecular weight excluding hydrogens is 308 g/mol. The number of benzene rings is 1. The van der Waals surface area contributed by atoms with Crippen LogP contribution in [-0.2, 0) is 0 Å². The monoisotopic (exact) mass is 340 g/mol. The highest BCUT2D eigenvalue weighted by atomic mass is 16.5. The first-order valence-corrected chi connectivity index (χ1v) is 9.77. The molecule has 0 saturated heterocycles. The molecular formula is C22H32N2O. The van der Waals surface area contributed by atoms with Crippen LogP contribution in [0.25, 0.3) is 10.8 Å². The molecule has 1 aliphatic rings. The van der Waals surface area contributed by atoms with Crippen molar-refractivity contribution >= 4 is 10.8 Å². The van der Waals surface area contributed by atoms with Crippen molar-refractivity contribution in [1.29, 1.82) is 0 Å². The molecule has 0 amide bonds. The Bertz CT molecular complexity index is 732. The van der Waals surface area contributed by atoms with Crippen LogP contribution in [0.2, 0.25) is 0 Å². The van der Waals surface area contributed by atoms with Gasteiger partial charge in [-0.05, 0) is 86.4 Å². The van der Waals surface area contributed by atoms with Gasteiger partial charge in [0.2, 0.25) is 0 Å². The highest BCUT2D eigenvalue weighted by Gasteiger charge is 2.38. The van der Waals surface area contributed by atoms with Crippen molar-refractivity contribution in [3.63, 3.8) is 0 Å². The molecule has 1 aromatic carbocycles. The van der Waals surface area contributed by atoms with Gasteiger partial charge in [0, 0.05) is 23.8 Å². The van der Waals surface area contributed by atoms with E-state index in [2.05, 4.69) is 44.8 Å². The Morgan fingerprint density at radius 1 is 1.28 bits per heavy atom. The number of hydrogen-bond acceptors (Lipinski definition) is 3. The summed E-state index contributed by atoms with van der Waals surface area (Å²) in [5.41, 5.74) is 9.20. The molecule has 1 atom stereocenters. The molecule has 0 spiro atoms. The Morgan fingerprint density at radius 3 is 2.64 bits per heavy atom. The standard InChI is InChI=1S/C22H32N2O/c1-5-20(23)22(6-2)10-7-18(8-11-22)25-21-15(3)13-17-14-24-12-9-19(17)16(21)4/h9,12-14,18,20H,5-8,10-11,23H2,1-4H3/t18-,20?,22+. The van der Waals surface area contributed by atoms with Crippen LogP contribution in [-0.4, -0.2) is 17.1 Å². The molecule has 0 radical (unpaired) electrons. The smallest absolute Gasteiger partial charge is 0.126 e. The van der Waals surface area contributed by atoms with Crippen molar-refractivity contribution < 1.29 is 4.74 Å². The summed E-state index contributed by atoms with van der Waals surface area (Å²) in [6, 6.07) is 4.59. The molecule has 3 rings (SSSR count). The van der Waals surface area contributed by atoms with Crippen molar-refractivity contribution in [2.45, 2.75) is 78.4 Å². The average molecular weight is 341 g/mol. The molecule has 25 heavy (non-hydrogen) atoms. The third-order valence-electron chi connectivity index (χ3n) is 6.47. The summed E-state index contributed by atoms with van der Waals surface area (Å²) in [5.74, 6) is 1.06. The molecule has 1 fully saturated rings. The van der Waals surface area contributed by atoms with Crippen molar-refractivity contribution in [1.82, 2.24) is 4.98 Å². The van der Waals surface area contributed by atoms with E-state index >= 15 is 0 Å². The maximum Gasteiger partial charge on any atom is 0.126 e. The van der Waals surface area contributed by atoms with Crippen LogP contribution in [0.15, 0.2) is 24.5 Å². The number of nitrogens with zero attached hydrogens (tertiary/aromatic N) is 1. The molecule has 136 valence electrons. The maximum absolute atomic E-state index is 6.51. The van der Waals surface area contributed by atoms with E-state index in [1.807, 2.05) is 12.4 Å². The highest BCUT2D eigenvalue weighted by Crippen LogP contribution is 2.44. The van der Waals surface area contributed by atoms with Crippen LogP contribution >= 0.6 is 0 Å². The predicted octanol–water partition coefficient (Wildman–Crippen LogP) is 5.31. The minimum Gasteiger partial charge on any atom is -0.490 e. The lowest BCUT2D eigenvalue weighted by atomic mass is 9.66. The maximum atomic E-state index is 6.51. The lowest BCUT2D eigenvalue weighted by Gasteiger charge is -2.43. The number of nitrogens with two attached hydrogens (primary N) is 1. The Kier molecular flexibility index (Phi) is 5.33. The highest BCUT2D eigenvalue weighted by molar-refractivity contribution is 5.87. The summed E-state index contributed by atoms with van der Waals surface area (Å²) in [5, 5.41) is 2.43. The summed E-state index contributed by atoms with van der Waals surface area (Å²) in [7, 11) is 0. The van der Waals surface area contributed by atoms with E-state index in [0.717, 1.165) is 25.0 Å². The number of fused-ring (bicyclic) bond motifs is 1. The Labute approximate surface area is 152 Å². The first-order chi connectivity index (χ1) is 12.0. The van der Waals surface area contributed by atoms with E-state index in [0.29, 0.717) is 17.6 Å². The molecule has 1 aromatic heterocycles.